The van der Waals surface area contributed by atoms with E-state index in [2.05, 4.69) is 36.9 Å². The molecule has 2 heteroatoms. The molecule has 0 aromatic heterocycles. The van der Waals surface area contributed by atoms with Gasteiger partial charge in [-0.05, 0) is 31.4 Å². The standard InChI is InChI=1S/C12H18N2/c1-3-14-8-7-10-5-4-6-11(9(2)13)12(10)14/h4-6,9H,3,7-8,13H2,1-2H3. The first kappa shape index (κ1) is 9.53. The summed E-state index contributed by atoms with van der Waals surface area (Å²) < 4.78 is 0. The fraction of sp³-hybridized carbons (Fsp3) is 0.500. The van der Waals surface area contributed by atoms with Crippen molar-refractivity contribution in [3.63, 3.8) is 0 Å². The number of benzene rings is 1. The van der Waals surface area contributed by atoms with Gasteiger partial charge in [0.1, 0.15) is 0 Å². The molecule has 0 amide bonds. The molecular weight excluding hydrogens is 172 g/mol. The molecule has 1 aromatic rings. The Morgan fingerprint density at radius 2 is 2.29 bits per heavy atom. The molecule has 76 valence electrons. The highest BCUT2D eigenvalue weighted by molar-refractivity contribution is 5.64. The van der Waals surface area contributed by atoms with Crippen LogP contribution in [0.5, 0.6) is 0 Å². The quantitative estimate of drug-likeness (QED) is 0.773. The predicted octanol–water partition coefficient (Wildman–Crippen LogP) is 2.09. The maximum absolute atomic E-state index is 5.98. The van der Waals surface area contributed by atoms with Gasteiger partial charge in [0.25, 0.3) is 0 Å². The number of nitrogens with two attached hydrogens (primary N) is 1. The number of fused-ring (bicyclic) bond motifs is 1. The first-order valence-electron chi connectivity index (χ1n) is 5.36. The van der Waals surface area contributed by atoms with Gasteiger partial charge in [0, 0.05) is 24.8 Å². The number of hydrogen-bond acceptors (Lipinski definition) is 2. The van der Waals surface area contributed by atoms with E-state index in [1.165, 1.54) is 23.2 Å². The van der Waals surface area contributed by atoms with Gasteiger partial charge in [0.05, 0.1) is 0 Å². The number of nitrogens with zero attached hydrogens (tertiary/aromatic N) is 1. The minimum absolute atomic E-state index is 0.136. The maximum Gasteiger partial charge on any atom is 0.0447 e. The van der Waals surface area contributed by atoms with E-state index >= 15 is 0 Å². The molecule has 0 aliphatic carbocycles. The molecule has 0 saturated carbocycles. The van der Waals surface area contributed by atoms with Gasteiger partial charge >= 0.3 is 0 Å². The summed E-state index contributed by atoms with van der Waals surface area (Å²) >= 11 is 0. The minimum atomic E-state index is 0.136. The summed E-state index contributed by atoms with van der Waals surface area (Å²) in [6, 6.07) is 6.63. The minimum Gasteiger partial charge on any atom is -0.371 e. The average Bonchev–Trinajstić information content (AvgIpc) is 2.59. The summed E-state index contributed by atoms with van der Waals surface area (Å²) in [5, 5.41) is 0. The Morgan fingerprint density at radius 3 is 2.93 bits per heavy atom. The topological polar surface area (TPSA) is 29.3 Å². The predicted molar refractivity (Wildman–Crippen MR) is 60.6 cm³/mol. The summed E-state index contributed by atoms with van der Waals surface area (Å²) in [7, 11) is 0. The van der Waals surface area contributed by atoms with Crippen molar-refractivity contribution in [1.82, 2.24) is 0 Å². The van der Waals surface area contributed by atoms with Crippen LogP contribution in [0.25, 0.3) is 0 Å². The van der Waals surface area contributed by atoms with Crippen molar-refractivity contribution in [2.75, 3.05) is 18.0 Å². The van der Waals surface area contributed by atoms with Crippen molar-refractivity contribution in [2.24, 2.45) is 5.73 Å². The number of likely N-dealkylation sites (N-methyl/N-ethyl adjacent to an activating group) is 1. The van der Waals surface area contributed by atoms with Crippen LogP contribution in [0.3, 0.4) is 0 Å². The second-order valence-electron chi connectivity index (χ2n) is 3.97. The van der Waals surface area contributed by atoms with Gasteiger partial charge in [-0.25, -0.2) is 0 Å². The van der Waals surface area contributed by atoms with Gasteiger partial charge in [-0.1, -0.05) is 18.2 Å². The maximum atomic E-state index is 5.98. The Morgan fingerprint density at radius 1 is 1.50 bits per heavy atom. The number of anilines is 1. The second kappa shape index (κ2) is 3.62. The van der Waals surface area contributed by atoms with Crippen molar-refractivity contribution in [3.8, 4) is 0 Å². The van der Waals surface area contributed by atoms with Crippen LogP contribution in [-0.4, -0.2) is 13.1 Å². The van der Waals surface area contributed by atoms with Crippen LogP contribution in [0.1, 0.15) is 31.0 Å². The summed E-state index contributed by atoms with van der Waals surface area (Å²) in [5.74, 6) is 0. The molecule has 0 spiro atoms. The Bertz CT molecular complexity index is 331. The Hall–Kier alpha value is -1.02. The van der Waals surface area contributed by atoms with E-state index in [-0.39, 0.29) is 6.04 Å². The van der Waals surface area contributed by atoms with E-state index in [9.17, 15) is 0 Å². The monoisotopic (exact) mass is 190 g/mol. The van der Waals surface area contributed by atoms with E-state index in [1.54, 1.807) is 0 Å². The highest BCUT2D eigenvalue weighted by Crippen LogP contribution is 2.33. The normalized spacial score (nSPS) is 16.9. The zero-order valence-electron chi connectivity index (χ0n) is 8.96. The molecule has 2 nitrogen and oxygen atoms in total. The van der Waals surface area contributed by atoms with Gasteiger partial charge in [0.2, 0.25) is 0 Å². The molecular formula is C12H18N2. The first-order valence-corrected chi connectivity index (χ1v) is 5.36. The molecule has 1 heterocycles. The molecule has 0 bridgehead atoms. The van der Waals surface area contributed by atoms with Crippen molar-refractivity contribution in [3.05, 3.63) is 29.3 Å². The van der Waals surface area contributed by atoms with E-state index in [1.807, 2.05) is 0 Å². The summed E-state index contributed by atoms with van der Waals surface area (Å²) in [6.07, 6.45) is 1.17. The molecule has 2 rings (SSSR count). The van der Waals surface area contributed by atoms with Crippen LogP contribution < -0.4 is 10.6 Å². The average molecular weight is 190 g/mol. The molecule has 0 fully saturated rings. The van der Waals surface area contributed by atoms with E-state index in [0.717, 1.165) is 13.1 Å². The summed E-state index contributed by atoms with van der Waals surface area (Å²) in [4.78, 5) is 2.42. The summed E-state index contributed by atoms with van der Waals surface area (Å²) in [5.41, 5.74) is 10.1. The lowest BCUT2D eigenvalue weighted by atomic mass is 10.0. The van der Waals surface area contributed by atoms with Crippen molar-refractivity contribution in [1.29, 1.82) is 0 Å². The van der Waals surface area contributed by atoms with Crippen molar-refractivity contribution in [2.45, 2.75) is 26.3 Å². The fourth-order valence-electron chi connectivity index (χ4n) is 2.25. The number of rotatable bonds is 2. The Balaban J connectivity index is 2.48. The highest BCUT2D eigenvalue weighted by Gasteiger charge is 2.21. The van der Waals surface area contributed by atoms with Crippen LogP contribution in [0.15, 0.2) is 18.2 Å². The largest absolute Gasteiger partial charge is 0.371 e. The second-order valence-corrected chi connectivity index (χ2v) is 3.97. The molecule has 1 unspecified atom stereocenters. The molecule has 1 atom stereocenters. The van der Waals surface area contributed by atoms with Crippen molar-refractivity contribution >= 4 is 5.69 Å². The lowest BCUT2D eigenvalue weighted by molar-refractivity contribution is 0.801. The van der Waals surface area contributed by atoms with E-state index < -0.39 is 0 Å². The SMILES string of the molecule is CCN1CCc2cccc(C(C)N)c21. The van der Waals surface area contributed by atoms with Gasteiger partial charge in [-0.3, -0.25) is 0 Å². The zero-order chi connectivity index (χ0) is 10.1. The molecule has 0 saturated heterocycles. The van der Waals surface area contributed by atoms with Gasteiger partial charge < -0.3 is 10.6 Å². The van der Waals surface area contributed by atoms with Crippen LogP contribution in [0, 0.1) is 0 Å². The third-order valence-electron chi connectivity index (χ3n) is 2.99. The lowest BCUT2D eigenvalue weighted by Gasteiger charge is -2.21. The molecule has 1 aromatic carbocycles. The van der Waals surface area contributed by atoms with Crippen LogP contribution in [0.4, 0.5) is 5.69 Å². The van der Waals surface area contributed by atoms with E-state index in [0.29, 0.717) is 0 Å². The van der Waals surface area contributed by atoms with Crippen LogP contribution in [-0.2, 0) is 6.42 Å². The molecule has 0 radical (unpaired) electrons. The Labute approximate surface area is 85.7 Å². The van der Waals surface area contributed by atoms with E-state index in [4.69, 9.17) is 5.73 Å². The van der Waals surface area contributed by atoms with Crippen molar-refractivity contribution < 1.29 is 0 Å². The van der Waals surface area contributed by atoms with Gasteiger partial charge in [0.15, 0.2) is 0 Å². The van der Waals surface area contributed by atoms with Gasteiger partial charge in [-0.15, -0.1) is 0 Å². The third-order valence-corrected chi connectivity index (χ3v) is 2.99. The summed E-state index contributed by atoms with van der Waals surface area (Å²) in [6.45, 7) is 6.49. The number of para-hydroxylation sites is 1. The molecule has 1 aliphatic rings. The highest BCUT2D eigenvalue weighted by atomic mass is 15.1. The van der Waals surface area contributed by atoms with Gasteiger partial charge in [-0.2, -0.15) is 0 Å². The van der Waals surface area contributed by atoms with Crippen LogP contribution >= 0.6 is 0 Å². The van der Waals surface area contributed by atoms with Crippen LogP contribution in [0.2, 0.25) is 0 Å². The molecule has 14 heavy (non-hydrogen) atoms. The number of hydrogen-bond donors (Lipinski definition) is 1. The Kier molecular flexibility index (Phi) is 2.46. The third kappa shape index (κ3) is 1.40. The fourth-order valence-corrected chi connectivity index (χ4v) is 2.25. The zero-order valence-corrected chi connectivity index (χ0v) is 8.96. The molecule has 1 aliphatic heterocycles. The lowest BCUT2D eigenvalue weighted by Crippen LogP contribution is -2.21. The smallest absolute Gasteiger partial charge is 0.0447 e. The first-order chi connectivity index (χ1) is 6.74. The molecule has 2 N–H and O–H groups in total.